The van der Waals surface area contributed by atoms with Crippen molar-refractivity contribution in [3.05, 3.63) is 194 Å². The van der Waals surface area contributed by atoms with Gasteiger partial charge in [-0.1, -0.05) is 140 Å². The van der Waals surface area contributed by atoms with Crippen LogP contribution < -0.4 is 0 Å². The maximum Gasteiger partial charge on any atom is 0.178 e. The molecule has 0 saturated heterocycles. The first-order valence-corrected chi connectivity index (χ1v) is 21.6. The Kier molecular flexibility index (Phi) is 6.74. The van der Waals surface area contributed by atoms with Crippen LogP contribution in [0.4, 0.5) is 0 Å². The Morgan fingerprint density at radius 2 is 0.885 bits per heavy atom. The fourth-order valence-corrected chi connectivity index (χ4v) is 11.3. The molecule has 3 aromatic heterocycles. The molecular formula is C58H32O2S. The van der Waals surface area contributed by atoms with Gasteiger partial charge in [-0.2, -0.15) is 0 Å². The Labute approximate surface area is 353 Å². The van der Waals surface area contributed by atoms with E-state index < -0.39 is 0 Å². The molecule has 0 bridgehead atoms. The standard InChI is InChI=1S/C58H32O2S/c1-2-12-39-33(10-1)11-9-18-42(39)56-45-16-5-3-14-43(45)55(44-15-4-6-17-46(44)56)37-22-24-41-50-30-35(23-27-53(50)61-54(41)32-37)34-20-21-36-29-49-48-26-25-47-40-13-7-8-19-51(40)59-57(47)58(48)60-52(49)31-38(36)28-34/h1-32H. The molecule has 0 aliphatic carbocycles. The van der Waals surface area contributed by atoms with Crippen molar-refractivity contribution in [1.82, 2.24) is 0 Å². The highest BCUT2D eigenvalue weighted by Crippen LogP contribution is 2.47. The number of thiophene rings is 1. The van der Waals surface area contributed by atoms with Gasteiger partial charge < -0.3 is 8.83 Å². The average molecular weight is 793 g/mol. The van der Waals surface area contributed by atoms with Gasteiger partial charge in [0.25, 0.3) is 0 Å². The second kappa shape index (κ2) is 12.4. The zero-order chi connectivity index (χ0) is 39.8. The van der Waals surface area contributed by atoms with Crippen LogP contribution >= 0.6 is 11.3 Å². The molecule has 0 saturated carbocycles. The molecule has 2 nitrogen and oxygen atoms in total. The van der Waals surface area contributed by atoms with E-state index in [-0.39, 0.29) is 0 Å². The van der Waals surface area contributed by atoms with Gasteiger partial charge in [-0.05, 0) is 131 Å². The summed E-state index contributed by atoms with van der Waals surface area (Å²) < 4.78 is 15.5. The van der Waals surface area contributed by atoms with E-state index in [0.717, 1.165) is 49.3 Å². The van der Waals surface area contributed by atoms with Crippen LogP contribution in [-0.4, -0.2) is 0 Å². The summed E-state index contributed by atoms with van der Waals surface area (Å²) in [6.45, 7) is 0. The second-order valence-corrected chi connectivity index (χ2v) is 17.4. The van der Waals surface area contributed by atoms with Crippen LogP contribution in [0.25, 0.3) is 141 Å². The lowest BCUT2D eigenvalue weighted by Gasteiger charge is -2.18. The van der Waals surface area contributed by atoms with E-state index in [1.165, 1.54) is 91.3 Å². The van der Waals surface area contributed by atoms with Crippen LogP contribution in [0.3, 0.4) is 0 Å². The van der Waals surface area contributed by atoms with Crippen LogP contribution in [0.5, 0.6) is 0 Å². The normalized spacial score (nSPS) is 12.3. The van der Waals surface area contributed by atoms with Crippen molar-refractivity contribution < 1.29 is 8.83 Å². The Morgan fingerprint density at radius 1 is 0.279 bits per heavy atom. The van der Waals surface area contributed by atoms with E-state index in [2.05, 4.69) is 182 Å². The number of hydrogen-bond donors (Lipinski definition) is 0. The van der Waals surface area contributed by atoms with Crippen LogP contribution in [0, 0.1) is 0 Å². The summed E-state index contributed by atoms with van der Waals surface area (Å²) in [5.74, 6) is 0. The Morgan fingerprint density at radius 3 is 1.69 bits per heavy atom. The third kappa shape index (κ3) is 4.78. The van der Waals surface area contributed by atoms with Crippen molar-refractivity contribution in [1.29, 1.82) is 0 Å². The molecule has 11 aromatic carbocycles. The molecule has 61 heavy (non-hydrogen) atoms. The molecule has 0 amide bonds. The molecule has 0 radical (unpaired) electrons. The van der Waals surface area contributed by atoms with E-state index >= 15 is 0 Å². The van der Waals surface area contributed by atoms with Crippen LogP contribution in [-0.2, 0) is 0 Å². The molecule has 0 aliphatic heterocycles. The minimum Gasteiger partial charge on any atom is -0.452 e. The first-order valence-electron chi connectivity index (χ1n) is 20.8. The lowest BCUT2D eigenvalue weighted by molar-refractivity contribution is 0.633. The largest absolute Gasteiger partial charge is 0.452 e. The van der Waals surface area contributed by atoms with Crippen molar-refractivity contribution >= 4 is 118 Å². The molecule has 0 atom stereocenters. The summed E-state index contributed by atoms with van der Waals surface area (Å²) >= 11 is 1.87. The lowest BCUT2D eigenvalue weighted by atomic mass is 9.84. The number of rotatable bonds is 3. The lowest BCUT2D eigenvalue weighted by Crippen LogP contribution is -1.91. The molecule has 14 aromatic rings. The highest BCUT2D eigenvalue weighted by molar-refractivity contribution is 7.25. The van der Waals surface area contributed by atoms with Crippen molar-refractivity contribution in [2.24, 2.45) is 0 Å². The van der Waals surface area contributed by atoms with Crippen molar-refractivity contribution in [3.8, 4) is 33.4 Å². The summed E-state index contributed by atoms with van der Waals surface area (Å²) in [5.41, 5.74) is 10.8. The van der Waals surface area contributed by atoms with Crippen LogP contribution in [0.1, 0.15) is 0 Å². The Balaban J connectivity index is 0.891. The zero-order valence-electron chi connectivity index (χ0n) is 32.7. The number of furan rings is 2. The third-order valence-corrected chi connectivity index (χ3v) is 14.2. The summed E-state index contributed by atoms with van der Waals surface area (Å²) in [7, 11) is 0. The first kappa shape index (κ1) is 33.1. The van der Waals surface area contributed by atoms with Gasteiger partial charge in [-0.3, -0.25) is 0 Å². The van der Waals surface area contributed by atoms with Crippen molar-refractivity contribution in [2.45, 2.75) is 0 Å². The summed E-state index contributed by atoms with van der Waals surface area (Å²) in [5, 5.41) is 16.9. The van der Waals surface area contributed by atoms with Gasteiger partial charge in [0, 0.05) is 41.7 Å². The monoisotopic (exact) mass is 792 g/mol. The van der Waals surface area contributed by atoms with Gasteiger partial charge in [0.15, 0.2) is 11.2 Å². The van der Waals surface area contributed by atoms with Gasteiger partial charge in [0.05, 0.1) is 0 Å². The number of para-hydroxylation sites is 1. The Hall–Kier alpha value is -7.72. The predicted octanol–water partition coefficient (Wildman–Crippen LogP) is 17.5. The molecule has 3 heterocycles. The number of benzene rings is 11. The summed E-state index contributed by atoms with van der Waals surface area (Å²) in [6, 6.07) is 71.1. The predicted molar refractivity (Wildman–Crippen MR) is 260 cm³/mol. The summed E-state index contributed by atoms with van der Waals surface area (Å²) in [4.78, 5) is 0. The topological polar surface area (TPSA) is 26.3 Å². The highest BCUT2D eigenvalue weighted by Gasteiger charge is 2.20. The second-order valence-electron chi connectivity index (χ2n) is 16.3. The third-order valence-electron chi connectivity index (χ3n) is 13.0. The zero-order valence-corrected chi connectivity index (χ0v) is 33.5. The van der Waals surface area contributed by atoms with E-state index in [9.17, 15) is 0 Å². The van der Waals surface area contributed by atoms with E-state index in [4.69, 9.17) is 8.83 Å². The average Bonchev–Trinajstić information content (AvgIpc) is 4.00. The van der Waals surface area contributed by atoms with E-state index in [0.29, 0.717) is 0 Å². The SMILES string of the molecule is c1ccc2c(-c3c4ccccc4c(-c4ccc5c(c4)sc4ccc(-c6ccc7cc8c(cc7c6)oc6c8ccc7c8ccccc8oc76)cc45)c4ccccc34)cccc2c1. The number of fused-ring (bicyclic) bond motifs is 14. The maximum absolute atomic E-state index is 6.58. The van der Waals surface area contributed by atoms with Crippen molar-refractivity contribution in [3.63, 3.8) is 0 Å². The molecule has 3 heteroatoms. The molecule has 0 fully saturated rings. The quantitative estimate of drug-likeness (QED) is 0.167. The van der Waals surface area contributed by atoms with Gasteiger partial charge in [0.2, 0.25) is 0 Å². The minimum atomic E-state index is 0.802. The van der Waals surface area contributed by atoms with Gasteiger partial charge in [-0.15, -0.1) is 11.3 Å². The highest BCUT2D eigenvalue weighted by atomic mass is 32.1. The van der Waals surface area contributed by atoms with Crippen molar-refractivity contribution in [2.75, 3.05) is 0 Å². The molecule has 14 rings (SSSR count). The summed E-state index contributed by atoms with van der Waals surface area (Å²) in [6.07, 6.45) is 0. The van der Waals surface area contributed by atoms with Crippen LogP contribution in [0.2, 0.25) is 0 Å². The maximum atomic E-state index is 6.58. The fraction of sp³-hybridized carbons (Fsp3) is 0. The molecule has 0 unspecified atom stereocenters. The van der Waals surface area contributed by atoms with Gasteiger partial charge in [-0.25, -0.2) is 0 Å². The number of hydrogen-bond acceptors (Lipinski definition) is 3. The van der Waals surface area contributed by atoms with Gasteiger partial charge >= 0.3 is 0 Å². The molecule has 0 aliphatic rings. The first-order chi connectivity index (χ1) is 30.2. The molecule has 282 valence electrons. The minimum absolute atomic E-state index is 0.802. The molecule has 0 spiro atoms. The Bertz CT molecular complexity index is 4120. The van der Waals surface area contributed by atoms with Gasteiger partial charge in [0.1, 0.15) is 11.2 Å². The van der Waals surface area contributed by atoms with Crippen LogP contribution in [0.15, 0.2) is 203 Å². The smallest absolute Gasteiger partial charge is 0.178 e. The fourth-order valence-electron chi connectivity index (χ4n) is 10.2. The molecular weight excluding hydrogens is 761 g/mol. The van der Waals surface area contributed by atoms with E-state index in [1.54, 1.807) is 0 Å². The van der Waals surface area contributed by atoms with E-state index in [1.807, 2.05) is 23.5 Å². The molecule has 0 N–H and O–H groups in total.